The highest BCUT2D eigenvalue weighted by Gasteiger charge is 2.33. The molecule has 4 heteroatoms. The van der Waals surface area contributed by atoms with Crippen molar-refractivity contribution >= 4 is 5.91 Å². The number of hydrogen-bond acceptors (Lipinski definition) is 3. The van der Waals surface area contributed by atoms with Gasteiger partial charge in [-0.15, -0.1) is 0 Å². The molecule has 1 amide bonds. The third kappa shape index (κ3) is 5.82. The summed E-state index contributed by atoms with van der Waals surface area (Å²) in [7, 11) is 0. The van der Waals surface area contributed by atoms with Crippen LogP contribution in [0, 0.1) is 5.92 Å². The van der Waals surface area contributed by atoms with Crippen molar-refractivity contribution in [3.05, 3.63) is 35.9 Å². The van der Waals surface area contributed by atoms with Gasteiger partial charge in [0.15, 0.2) is 0 Å². The third-order valence-corrected chi connectivity index (χ3v) is 7.35. The Bertz CT molecular complexity index is 618. The Morgan fingerprint density at radius 2 is 1.55 bits per heavy atom. The van der Waals surface area contributed by atoms with E-state index in [1.807, 2.05) is 0 Å². The molecule has 1 unspecified atom stereocenters. The Morgan fingerprint density at radius 3 is 2.28 bits per heavy atom. The van der Waals surface area contributed by atoms with Gasteiger partial charge in [0.1, 0.15) is 0 Å². The van der Waals surface area contributed by atoms with Crippen molar-refractivity contribution in [1.82, 2.24) is 14.7 Å². The van der Waals surface area contributed by atoms with Crippen LogP contribution in [0.5, 0.6) is 0 Å². The smallest absolute Gasteiger partial charge is 0.226 e. The number of carbonyl (C=O) groups is 1. The molecule has 3 heterocycles. The molecule has 3 saturated heterocycles. The first-order valence-electron chi connectivity index (χ1n) is 12.1. The average molecular weight is 398 g/mol. The molecule has 0 aromatic heterocycles. The maximum absolute atomic E-state index is 13.1. The van der Waals surface area contributed by atoms with Gasteiger partial charge in [-0.05, 0) is 70.1 Å². The number of likely N-dealkylation sites (tertiary alicyclic amines) is 3. The number of carbonyl (C=O) groups excluding carboxylic acids is 1. The van der Waals surface area contributed by atoms with E-state index in [1.165, 1.54) is 76.7 Å². The first-order valence-corrected chi connectivity index (χ1v) is 12.1. The van der Waals surface area contributed by atoms with Gasteiger partial charge in [-0.2, -0.15) is 0 Å². The van der Waals surface area contributed by atoms with Crippen LogP contribution in [0.2, 0.25) is 0 Å². The summed E-state index contributed by atoms with van der Waals surface area (Å²) in [5.74, 6) is 0.704. The van der Waals surface area contributed by atoms with E-state index in [1.54, 1.807) is 0 Å². The number of amides is 1. The van der Waals surface area contributed by atoms with Gasteiger partial charge >= 0.3 is 0 Å². The summed E-state index contributed by atoms with van der Waals surface area (Å²) in [4.78, 5) is 20.6. The monoisotopic (exact) mass is 397 g/mol. The van der Waals surface area contributed by atoms with Crippen LogP contribution in [-0.2, 0) is 11.2 Å². The van der Waals surface area contributed by atoms with Crippen LogP contribution in [0.25, 0.3) is 0 Å². The second-order valence-corrected chi connectivity index (χ2v) is 9.38. The minimum absolute atomic E-state index is 0.248. The lowest BCUT2D eigenvalue weighted by Gasteiger charge is -2.42. The van der Waals surface area contributed by atoms with E-state index < -0.39 is 0 Å². The van der Waals surface area contributed by atoms with Gasteiger partial charge in [-0.3, -0.25) is 9.69 Å². The van der Waals surface area contributed by atoms with Crippen LogP contribution >= 0.6 is 0 Å². The van der Waals surface area contributed by atoms with Crippen LogP contribution in [0.1, 0.15) is 56.9 Å². The van der Waals surface area contributed by atoms with Crippen molar-refractivity contribution in [1.29, 1.82) is 0 Å². The molecular formula is C25H39N3O. The second kappa shape index (κ2) is 10.6. The molecule has 3 fully saturated rings. The van der Waals surface area contributed by atoms with Crippen molar-refractivity contribution in [2.45, 2.75) is 63.8 Å². The fourth-order valence-electron chi connectivity index (χ4n) is 5.53. The Balaban J connectivity index is 1.22. The topological polar surface area (TPSA) is 26.8 Å². The molecule has 0 bridgehead atoms. The molecule has 3 aliphatic rings. The number of nitrogens with zero attached hydrogens (tertiary/aromatic N) is 3. The highest BCUT2D eigenvalue weighted by atomic mass is 16.2. The van der Waals surface area contributed by atoms with Crippen LogP contribution in [0.3, 0.4) is 0 Å². The maximum Gasteiger partial charge on any atom is 0.226 e. The van der Waals surface area contributed by atoms with E-state index in [0.717, 1.165) is 32.5 Å². The van der Waals surface area contributed by atoms with Crippen molar-refractivity contribution in [3.8, 4) is 0 Å². The Morgan fingerprint density at radius 1 is 0.828 bits per heavy atom. The lowest BCUT2D eigenvalue weighted by molar-refractivity contribution is -0.137. The summed E-state index contributed by atoms with van der Waals surface area (Å²) >= 11 is 0. The predicted molar refractivity (Wildman–Crippen MR) is 119 cm³/mol. The lowest BCUT2D eigenvalue weighted by atomic mass is 9.92. The average Bonchev–Trinajstić information content (AvgIpc) is 3.08. The first kappa shape index (κ1) is 20.9. The number of piperidine rings is 2. The van der Waals surface area contributed by atoms with Crippen molar-refractivity contribution < 1.29 is 4.79 Å². The highest BCUT2D eigenvalue weighted by Crippen LogP contribution is 2.26. The minimum Gasteiger partial charge on any atom is -0.342 e. The summed E-state index contributed by atoms with van der Waals surface area (Å²) in [5, 5.41) is 0. The SMILES string of the molecule is O=C(C1CCCN(C2CCN(CCc3ccccc3)CC2)C1)N1CCCCCC1. The zero-order chi connectivity index (χ0) is 19.9. The predicted octanol–water partition coefficient (Wildman–Crippen LogP) is 3.81. The van der Waals surface area contributed by atoms with Gasteiger partial charge in [-0.1, -0.05) is 43.2 Å². The van der Waals surface area contributed by atoms with Crippen LogP contribution < -0.4 is 0 Å². The quantitative estimate of drug-likeness (QED) is 0.756. The molecule has 1 aromatic rings. The molecule has 0 aliphatic carbocycles. The zero-order valence-electron chi connectivity index (χ0n) is 18.1. The summed E-state index contributed by atoms with van der Waals surface area (Å²) in [5.41, 5.74) is 1.44. The van der Waals surface area contributed by atoms with Gasteiger partial charge in [0.2, 0.25) is 5.91 Å². The summed E-state index contributed by atoms with van der Waals surface area (Å²) < 4.78 is 0. The fourth-order valence-corrected chi connectivity index (χ4v) is 5.53. The lowest BCUT2D eigenvalue weighted by Crippen LogP contribution is -2.51. The van der Waals surface area contributed by atoms with Gasteiger partial charge in [-0.25, -0.2) is 0 Å². The summed E-state index contributed by atoms with van der Waals surface area (Å²) in [6.45, 7) is 7.77. The zero-order valence-corrected chi connectivity index (χ0v) is 18.1. The van der Waals surface area contributed by atoms with Gasteiger partial charge < -0.3 is 9.80 Å². The molecule has 29 heavy (non-hydrogen) atoms. The molecule has 0 N–H and O–H groups in total. The molecule has 0 saturated carbocycles. The summed E-state index contributed by atoms with van der Waals surface area (Å²) in [6, 6.07) is 11.5. The minimum atomic E-state index is 0.248. The third-order valence-electron chi connectivity index (χ3n) is 7.35. The van der Waals surface area contributed by atoms with Crippen LogP contribution in [0.4, 0.5) is 0 Å². The van der Waals surface area contributed by atoms with E-state index in [-0.39, 0.29) is 5.92 Å². The van der Waals surface area contributed by atoms with E-state index >= 15 is 0 Å². The number of benzene rings is 1. The molecule has 4 rings (SSSR count). The van der Waals surface area contributed by atoms with Crippen molar-refractivity contribution in [2.75, 3.05) is 45.8 Å². The Hall–Kier alpha value is -1.39. The van der Waals surface area contributed by atoms with Crippen LogP contribution in [0.15, 0.2) is 30.3 Å². The van der Waals surface area contributed by atoms with E-state index in [0.29, 0.717) is 11.9 Å². The van der Waals surface area contributed by atoms with Crippen molar-refractivity contribution in [2.24, 2.45) is 5.92 Å². The number of hydrogen-bond donors (Lipinski definition) is 0. The van der Waals surface area contributed by atoms with Crippen LogP contribution in [-0.4, -0.2) is 72.5 Å². The standard InChI is InChI=1S/C25H39N3O/c29-25(27-15-6-1-2-7-16-27)23-11-8-17-28(21-23)24-13-19-26(20-14-24)18-12-22-9-4-3-5-10-22/h3-5,9-10,23-24H,1-2,6-8,11-21H2. The normalized spacial score (nSPS) is 25.7. The van der Waals surface area contributed by atoms with Gasteiger partial charge in [0, 0.05) is 32.2 Å². The Labute approximate surface area is 177 Å². The molecule has 1 aromatic carbocycles. The van der Waals surface area contributed by atoms with E-state index in [2.05, 4.69) is 45.0 Å². The molecule has 160 valence electrons. The second-order valence-electron chi connectivity index (χ2n) is 9.38. The molecule has 1 atom stereocenters. The van der Waals surface area contributed by atoms with Crippen molar-refractivity contribution in [3.63, 3.8) is 0 Å². The summed E-state index contributed by atoms with van der Waals surface area (Å²) in [6.07, 6.45) is 11.0. The molecule has 3 aliphatic heterocycles. The number of rotatable bonds is 5. The maximum atomic E-state index is 13.1. The largest absolute Gasteiger partial charge is 0.342 e. The van der Waals surface area contributed by atoms with E-state index in [9.17, 15) is 4.79 Å². The molecule has 4 nitrogen and oxygen atoms in total. The molecule has 0 spiro atoms. The molecular weight excluding hydrogens is 358 g/mol. The molecule has 0 radical (unpaired) electrons. The van der Waals surface area contributed by atoms with Gasteiger partial charge in [0.05, 0.1) is 5.92 Å². The fraction of sp³-hybridized carbons (Fsp3) is 0.720. The van der Waals surface area contributed by atoms with E-state index in [4.69, 9.17) is 0 Å². The Kier molecular flexibility index (Phi) is 7.61. The first-order chi connectivity index (χ1) is 14.3. The highest BCUT2D eigenvalue weighted by molar-refractivity contribution is 5.79. The van der Waals surface area contributed by atoms with Gasteiger partial charge in [0.25, 0.3) is 0 Å².